The van der Waals surface area contributed by atoms with Crippen LogP contribution in [0.5, 0.6) is 0 Å². The first-order chi connectivity index (χ1) is 9.10. The third kappa shape index (κ3) is 4.68. The van der Waals surface area contributed by atoms with Gasteiger partial charge in [0.05, 0.1) is 6.61 Å². The lowest BCUT2D eigenvalue weighted by molar-refractivity contribution is 0.116. The molecule has 7 heteroatoms. The minimum absolute atomic E-state index is 0.430. The van der Waals surface area contributed by atoms with Crippen molar-refractivity contribution < 1.29 is 13.2 Å². The summed E-state index contributed by atoms with van der Waals surface area (Å²) in [5, 5.41) is 3.21. The molecule has 1 saturated carbocycles. The second kappa shape index (κ2) is 6.99. The van der Waals surface area contributed by atoms with E-state index in [2.05, 4.69) is 5.32 Å². The fraction of sp³-hybridized carbons (Fsp3) is 1.00. The number of hydrogen-bond donors (Lipinski definition) is 1. The molecule has 1 saturated heterocycles. The van der Waals surface area contributed by atoms with Gasteiger partial charge in [-0.2, -0.15) is 17.0 Å². The van der Waals surface area contributed by atoms with Crippen LogP contribution in [0.1, 0.15) is 19.3 Å². The normalized spacial score (nSPS) is 22.6. The molecule has 2 aliphatic rings. The van der Waals surface area contributed by atoms with E-state index in [0.717, 1.165) is 32.0 Å². The maximum atomic E-state index is 12.3. The van der Waals surface area contributed by atoms with Crippen molar-refractivity contribution in [3.8, 4) is 0 Å². The Hall–Kier alpha value is -0.210. The van der Waals surface area contributed by atoms with Crippen LogP contribution < -0.4 is 5.32 Å². The zero-order valence-corrected chi connectivity index (χ0v) is 12.5. The first kappa shape index (κ1) is 15.2. The van der Waals surface area contributed by atoms with Crippen LogP contribution in [0, 0.1) is 5.92 Å². The van der Waals surface area contributed by atoms with Crippen LogP contribution in [0.2, 0.25) is 0 Å². The molecule has 2 rings (SSSR count). The Bertz CT molecular complexity index is 362. The lowest BCUT2D eigenvalue weighted by Crippen LogP contribution is -2.44. The third-order valence-corrected chi connectivity index (χ3v) is 5.61. The lowest BCUT2D eigenvalue weighted by atomic mass is 10.4. The van der Waals surface area contributed by atoms with E-state index in [4.69, 9.17) is 4.74 Å². The molecule has 6 nitrogen and oxygen atoms in total. The second-order valence-corrected chi connectivity index (χ2v) is 7.39. The smallest absolute Gasteiger partial charge is 0.281 e. The Morgan fingerprint density at radius 2 is 2.11 bits per heavy atom. The minimum Gasteiger partial charge on any atom is -0.380 e. The molecule has 0 aromatic heterocycles. The highest BCUT2D eigenvalue weighted by Crippen LogP contribution is 2.28. The maximum Gasteiger partial charge on any atom is 0.281 e. The van der Waals surface area contributed by atoms with Gasteiger partial charge in [0.15, 0.2) is 0 Å². The molecule has 0 atom stereocenters. The molecule has 0 amide bonds. The summed E-state index contributed by atoms with van der Waals surface area (Å²) >= 11 is 0. The van der Waals surface area contributed by atoms with Crippen molar-refractivity contribution in [1.29, 1.82) is 0 Å². The number of hydrogen-bond acceptors (Lipinski definition) is 4. The standard InChI is InChI=1S/C12H25N3O3S/c1-14(9-10-18-11-12-3-4-12)19(16,17)15-7-2-5-13-6-8-15/h12-13H,2-11H2,1H3. The van der Waals surface area contributed by atoms with E-state index in [1.807, 2.05) is 0 Å². The van der Waals surface area contributed by atoms with Crippen molar-refractivity contribution >= 4 is 10.2 Å². The van der Waals surface area contributed by atoms with Crippen LogP contribution in [0.25, 0.3) is 0 Å². The average molecular weight is 291 g/mol. The summed E-state index contributed by atoms with van der Waals surface area (Å²) in [5.74, 6) is 0.721. The van der Waals surface area contributed by atoms with Gasteiger partial charge in [-0.15, -0.1) is 0 Å². The predicted molar refractivity (Wildman–Crippen MR) is 74.2 cm³/mol. The van der Waals surface area contributed by atoms with Crippen molar-refractivity contribution in [2.24, 2.45) is 5.92 Å². The molecule has 1 aliphatic carbocycles. The predicted octanol–water partition coefficient (Wildman–Crippen LogP) is -0.115. The summed E-state index contributed by atoms with van der Waals surface area (Å²) in [6.07, 6.45) is 3.38. The topological polar surface area (TPSA) is 61.9 Å². The van der Waals surface area contributed by atoms with Crippen molar-refractivity contribution in [2.45, 2.75) is 19.3 Å². The molecule has 0 aromatic carbocycles. The van der Waals surface area contributed by atoms with Crippen molar-refractivity contribution in [3.05, 3.63) is 0 Å². The summed E-state index contributed by atoms with van der Waals surface area (Å²) in [7, 11) is -1.69. The van der Waals surface area contributed by atoms with Crippen molar-refractivity contribution in [3.63, 3.8) is 0 Å². The molecule has 1 N–H and O–H groups in total. The summed E-state index contributed by atoms with van der Waals surface area (Å²) < 4.78 is 33.2. The van der Waals surface area contributed by atoms with E-state index in [9.17, 15) is 8.42 Å². The monoisotopic (exact) mass is 291 g/mol. The average Bonchev–Trinajstić information content (AvgIpc) is 3.20. The fourth-order valence-corrected chi connectivity index (χ4v) is 3.47. The van der Waals surface area contributed by atoms with Crippen LogP contribution in [-0.2, 0) is 14.9 Å². The van der Waals surface area contributed by atoms with Crippen LogP contribution >= 0.6 is 0 Å². The molecule has 1 heterocycles. The number of likely N-dealkylation sites (N-methyl/N-ethyl adjacent to an activating group) is 1. The van der Waals surface area contributed by atoms with E-state index in [1.165, 1.54) is 17.1 Å². The highest BCUT2D eigenvalue weighted by atomic mass is 32.2. The van der Waals surface area contributed by atoms with Crippen molar-refractivity contribution in [1.82, 2.24) is 13.9 Å². The molecule has 0 unspecified atom stereocenters. The Morgan fingerprint density at radius 1 is 1.32 bits per heavy atom. The fourth-order valence-electron chi connectivity index (χ4n) is 2.09. The van der Waals surface area contributed by atoms with Crippen LogP contribution in [0.3, 0.4) is 0 Å². The summed E-state index contributed by atoms with van der Waals surface area (Å²) in [6, 6.07) is 0. The van der Waals surface area contributed by atoms with Gasteiger partial charge in [0.25, 0.3) is 10.2 Å². The van der Waals surface area contributed by atoms with Gasteiger partial charge in [-0.3, -0.25) is 0 Å². The number of ether oxygens (including phenoxy) is 1. The van der Waals surface area contributed by atoms with Gasteiger partial charge < -0.3 is 10.1 Å². The van der Waals surface area contributed by atoms with Gasteiger partial charge >= 0.3 is 0 Å². The Morgan fingerprint density at radius 3 is 2.84 bits per heavy atom. The molecule has 1 aliphatic heterocycles. The Labute approximate surface area is 116 Å². The summed E-state index contributed by atoms with van der Waals surface area (Å²) in [6.45, 7) is 4.46. The quantitative estimate of drug-likeness (QED) is 0.665. The van der Waals surface area contributed by atoms with Crippen molar-refractivity contribution in [2.75, 3.05) is 53.0 Å². The molecule has 19 heavy (non-hydrogen) atoms. The van der Waals surface area contributed by atoms with E-state index in [-0.39, 0.29) is 0 Å². The molecule has 0 aromatic rings. The van der Waals surface area contributed by atoms with Gasteiger partial charge in [0.2, 0.25) is 0 Å². The minimum atomic E-state index is -3.32. The van der Waals surface area contributed by atoms with E-state index in [0.29, 0.717) is 26.2 Å². The van der Waals surface area contributed by atoms with Crippen LogP contribution in [-0.4, -0.2) is 70.0 Å². The summed E-state index contributed by atoms with van der Waals surface area (Å²) in [4.78, 5) is 0. The van der Waals surface area contributed by atoms with E-state index >= 15 is 0 Å². The first-order valence-corrected chi connectivity index (χ1v) is 8.50. The number of rotatable bonds is 7. The molecule has 0 radical (unpaired) electrons. The second-order valence-electron chi connectivity index (χ2n) is 5.35. The third-order valence-electron chi connectivity index (χ3n) is 3.62. The van der Waals surface area contributed by atoms with E-state index in [1.54, 1.807) is 11.4 Å². The van der Waals surface area contributed by atoms with Gasteiger partial charge in [-0.25, -0.2) is 0 Å². The van der Waals surface area contributed by atoms with Gasteiger partial charge in [0, 0.05) is 39.8 Å². The van der Waals surface area contributed by atoms with Crippen LogP contribution in [0.4, 0.5) is 0 Å². The SMILES string of the molecule is CN(CCOCC1CC1)S(=O)(=O)N1CCCNCC1. The Kier molecular flexibility index (Phi) is 5.58. The number of nitrogens with zero attached hydrogens (tertiary/aromatic N) is 2. The highest BCUT2D eigenvalue weighted by Gasteiger charge is 2.27. The highest BCUT2D eigenvalue weighted by molar-refractivity contribution is 7.86. The lowest BCUT2D eigenvalue weighted by Gasteiger charge is -2.26. The molecule has 112 valence electrons. The summed E-state index contributed by atoms with van der Waals surface area (Å²) in [5.41, 5.74) is 0. The molecule has 0 spiro atoms. The number of nitrogens with one attached hydrogen (secondary N) is 1. The first-order valence-electron chi connectivity index (χ1n) is 7.10. The van der Waals surface area contributed by atoms with Crippen LogP contribution in [0.15, 0.2) is 0 Å². The van der Waals surface area contributed by atoms with Gasteiger partial charge in [0.1, 0.15) is 0 Å². The Balaban J connectivity index is 1.75. The molecular formula is C12H25N3O3S. The van der Waals surface area contributed by atoms with E-state index < -0.39 is 10.2 Å². The molecule has 2 fully saturated rings. The molecular weight excluding hydrogens is 266 g/mol. The largest absolute Gasteiger partial charge is 0.380 e. The zero-order chi connectivity index (χ0) is 13.7. The molecule has 0 bridgehead atoms. The van der Waals surface area contributed by atoms with Gasteiger partial charge in [-0.1, -0.05) is 0 Å². The maximum absolute atomic E-state index is 12.3. The zero-order valence-electron chi connectivity index (χ0n) is 11.7. The van der Waals surface area contributed by atoms with Gasteiger partial charge in [-0.05, 0) is 31.7 Å².